The normalized spacial score (nSPS) is 16.1. The van der Waals surface area contributed by atoms with E-state index in [0.29, 0.717) is 60.9 Å². The van der Waals surface area contributed by atoms with Crippen LogP contribution in [-0.4, -0.2) is 59.4 Å². The first-order valence-electron chi connectivity index (χ1n) is 16.9. The molecule has 16 heteroatoms. The van der Waals surface area contributed by atoms with Crippen molar-refractivity contribution in [1.82, 2.24) is 25.1 Å². The zero-order valence-corrected chi connectivity index (χ0v) is 30.6. The Bertz CT molecular complexity index is 1830. The Balaban J connectivity index is 1.11. The summed E-state index contributed by atoms with van der Waals surface area (Å²) in [5.41, 5.74) is 4.19. The zero-order valence-electron chi connectivity index (χ0n) is 29.0. The molecule has 50 heavy (non-hydrogen) atoms. The number of anilines is 5. The van der Waals surface area contributed by atoms with E-state index in [2.05, 4.69) is 84.0 Å². The molecule has 2 aromatic heterocycles. The number of rotatable bonds is 17. The Morgan fingerprint density at radius 1 is 0.900 bits per heavy atom. The molecule has 1 aliphatic rings. The van der Waals surface area contributed by atoms with Crippen LogP contribution in [0.5, 0.6) is 0 Å². The molecule has 2 heterocycles. The van der Waals surface area contributed by atoms with Crippen LogP contribution in [0, 0.1) is 32.6 Å². The van der Waals surface area contributed by atoms with Crippen LogP contribution in [0.4, 0.5) is 28.7 Å². The maximum atomic E-state index is 13.1. The highest BCUT2D eigenvalue weighted by Crippen LogP contribution is 2.30. The quantitative estimate of drug-likeness (QED) is 0.0624. The fraction of sp³-hybridized carbons (Fsp3) is 0.471. The number of unbranched alkanes of at least 4 members (excludes halogenated alkanes) is 1. The van der Waals surface area contributed by atoms with E-state index < -0.39 is 10.0 Å². The second-order valence-corrected chi connectivity index (χ2v) is 15.3. The number of nitrogens with one attached hydrogen (secondary N) is 5. The van der Waals surface area contributed by atoms with Gasteiger partial charge >= 0.3 is 0 Å². The van der Waals surface area contributed by atoms with Gasteiger partial charge in [-0.15, -0.1) is 10.2 Å². The Morgan fingerprint density at radius 3 is 2.28 bits per heavy atom. The predicted molar refractivity (Wildman–Crippen MR) is 197 cm³/mol. The van der Waals surface area contributed by atoms with Crippen LogP contribution >= 0.6 is 11.3 Å². The van der Waals surface area contributed by atoms with E-state index in [0.717, 1.165) is 49.9 Å². The number of hydrogen-bond acceptors (Lipinski definition) is 13. The van der Waals surface area contributed by atoms with E-state index in [1.54, 1.807) is 19.1 Å². The molecule has 1 aliphatic carbocycles. The molecule has 0 unspecified atom stereocenters. The largest absolute Gasteiger partial charge is 0.361 e. The summed E-state index contributed by atoms with van der Waals surface area (Å²) in [6.07, 6.45) is 5.29. The summed E-state index contributed by atoms with van der Waals surface area (Å²) in [7, 11) is -3.81. The van der Waals surface area contributed by atoms with E-state index >= 15 is 0 Å². The van der Waals surface area contributed by atoms with Gasteiger partial charge in [0.25, 0.3) is 10.0 Å². The highest BCUT2D eigenvalue weighted by Gasteiger charge is 2.27. The summed E-state index contributed by atoms with van der Waals surface area (Å²) in [5.74, 6) is 1.52. The molecule has 4 aromatic rings. The van der Waals surface area contributed by atoms with Crippen LogP contribution in [0.2, 0.25) is 0 Å². The first-order chi connectivity index (χ1) is 24.1. The highest BCUT2D eigenvalue weighted by atomic mass is 32.2. The third kappa shape index (κ3) is 10.5. The average molecular weight is 723 g/mol. The smallest absolute Gasteiger partial charge is 0.263 e. The number of aromatic nitrogens is 5. The number of benzene rings is 2. The van der Waals surface area contributed by atoms with Crippen molar-refractivity contribution in [2.45, 2.75) is 77.7 Å². The van der Waals surface area contributed by atoms with Gasteiger partial charge in [-0.1, -0.05) is 42.9 Å². The maximum Gasteiger partial charge on any atom is 0.263 e. The molecule has 0 saturated heterocycles. The predicted octanol–water partition coefficient (Wildman–Crippen LogP) is 6.10. The van der Waals surface area contributed by atoms with E-state index in [9.17, 15) is 13.2 Å². The first kappa shape index (κ1) is 36.9. The van der Waals surface area contributed by atoms with Crippen molar-refractivity contribution in [3.05, 3.63) is 64.2 Å². The second kappa shape index (κ2) is 17.5. The van der Waals surface area contributed by atoms with Crippen molar-refractivity contribution in [2.24, 2.45) is 11.8 Å². The molecule has 1 saturated carbocycles. The third-order valence-corrected chi connectivity index (χ3v) is 10.9. The second-order valence-electron chi connectivity index (χ2n) is 12.4. The van der Waals surface area contributed by atoms with Crippen LogP contribution in [0.3, 0.4) is 0 Å². The minimum atomic E-state index is -3.81. The lowest BCUT2D eigenvalue weighted by atomic mass is 9.81. The van der Waals surface area contributed by atoms with Crippen molar-refractivity contribution in [2.75, 3.05) is 45.9 Å². The van der Waals surface area contributed by atoms with Crippen molar-refractivity contribution in [3.63, 3.8) is 0 Å². The van der Waals surface area contributed by atoms with Gasteiger partial charge in [-0.25, -0.2) is 8.42 Å². The lowest BCUT2D eigenvalue weighted by Gasteiger charge is -2.28. The molecule has 5 N–H and O–H groups in total. The molecule has 5 rings (SSSR count). The summed E-state index contributed by atoms with van der Waals surface area (Å²) in [4.78, 5) is 26.9. The summed E-state index contributed by atoms with van der Waals surface area (Å²) < 4.78 is 33.5. The minimum Gasteiger partial charge on any atom is -0.361 e. The number of nitrogens with zero attached hydrogens (tertiary/aromatic N) is 5. The van der Waals surface area contributed by atoms with Crippen LogP contribution in [-0.2, 0) is 26.1 Å². The Labute approximate surface area is 297 Å². The molecule has 268 valence electrons. The summed E-state index contributed by atoms with van der Waals surface area (Å²) >= 11 is 1.15. The zero-order chi connectivity index (χ0) is 35.5. The molecule has 1 fully saturated rings. The number of hydrogen-bond donors (Lipinski definition) is 5. The lowest BCUT2D eigenvalue weighted by molar-refractivity contribution is -0.121. The highest BCUT2D eigenvalue weighted by molar-refractivity contribution is 7.93. The molecule has 0 spiro atoms. The molecule has 1 amide bonds. The van der Waals surface area contributed by atoms with Crippen molar-refractivity contribution in [1.29, 1.82) is 0 Å². The van der Waals surface area contributed by atoms with Gasteiger partial charge in [0.15, 0.2) is 0 Å². The molecular formula is C34H46N10O4S2. The van der Waals surface area contributed by atoms with E-state index in [4.69, 9.17) is 4.74 Å². The van der Waals surface area contributed by atoms with Crippen molar-refractivity contribution >= 4 is 55.9 Å². The molecular weight excluding hydrogens is 677 g/mol. The maximum absolute atomic E-state index is 13.1. The number of sulfonamides is 1. The van der Waals surface area contributed by atoms with Gasteiger partial charge in [0, 0.05) is 31.3 Å². The van der Waals surface area contributed by atoms with Crippen LogP contribution < -0.4 is 26.0 Å². The minimum absolute atomic E-state index is 0.0663. The third-order valence-electron chi connectivity index (χ3n) is 8.71. The van der Waals surface area contributed by atoms with Crippen LogP contribution in [0.25, 0.3) is 0 Å². The first-order valence-corrected chi connectivity index (χ1v) is 19.2. The molecule has 14 nitrogen and oxygen atoms in total. The lowest BCUT2D eigenvalue weighted by Crippen LogP contribution is -2.29. The van der Waals surface area contributed by atoms with E-state index in [1.165, 1.54) is 28.8 Å². The number of ether oxygens (including phenoxy) is 1. The van der Waals surface area contributed by atoms with E-state index in [1.807, 2.05) is 6.07 Å². The number of carbonyl (C=O) groups is 1. The van der Waals surface area contributed by atoms with Gasteiger partial charge in [0.1, 0.15) is 11.7 Å². The van der Waals surface area contributed by atoms with Gasteiger partial charge in [0.05, 0.1) is 4.90 Å². The van der Waals surface area contributed by atoms with Gasteiger partial charge in [0.2, 0.25) is 28.9 Å². The Hall–Kier alpha value is -4.41. The fourth-order valence-corrected chi connectivity index (χ4v) is 7.38. The monoisotopic (exact) mass is 722 g/mol. The number of amides is 1. The standard InChI is InChI=1S/C34H46N10O4S2/c1-5-6-18-48-21-37-33-40-31(39-32(41-33)36-20-27-9-7-8-22(2)23(27)3)35-19-25-10-12-26(13-11-25)30(45)38-28-14-16-29(17-15-28)50(46,47)44-34-43-42-24(4)49-34/h7-9,14-17,25-26H,5-6,10-13,18-21H2,1-4H3,(H,38,45)(H,43,44)(H3,35,36,37,39,40,41). The van der Waals surface area contributed by atoms with Crippen molar-refractivity contribution in [3.8, 4) is 0 Å². The fourth-order valence-electron chi connectivity index (χ4n) is 5.56. The van der Waals surface area contributed by atoms with E-state index in [-0.39, 0.29) is 21.9 Å². The van der Waals surface area contributed by atoms with Gasteiger partial charge in [-0.2, -0.15) is 15.0 Å². The van der Waals surface area contributed by atoms with Gasteiger partial charge < -0.3 is 26.0 Å². The van der Waals surface area contributed by atoms with Crippen molar-refractivity contribution < 1.29 is 17.9 Å². The molecule has 0 aliphatic heterocycles. The topological polar surface area (TPSA) is 185 Å². The average Bonchev–Trinajstić information content (AvgIpc) is 3.51. The molecule has 0 radical (unpaired) electrons. The Morgan fingerprint density at radius 2 is 1.60 bits per heavy atom. The van der Waals surface area contributed by atoms with Gasteiger partial charge in [-0.05, 0) is 99.7 Å². The SMILES string of the molecule is CCCCOCNc1nc(NCc2cccc(C)c2C)nc(NCC2CCC(C(=O)Nc3ccc(S(=O)(=O)Nc4nnc(C)s4)cc3)CC2)n1. The summed E-state index contributed by atoms with van der Waals surface area (Å²) in [6, 6.07) is 12.3. The Kier molecular flexibility index (Phi) is 12.9. The molecule has 2 aromatic carbocycles. The number of carbonyl (C=O) groups excluding carboxylic acids is 1. The van der Waals surface area contributed by atoms with Crippen LogP contribution in [0.1, 0.15) is 67.1 Å². The summed E-state index contributed by atoms with van der Waals surface area (Å²) in [6.45, 7) is 10.3. The molecule has 0 bridgehead atoms. The molecule has 0 atom stereocenters. The summed E-state index contributed by atoms with van der Waals surface area (Å²) in [5, 5.41) is 21.4. The van der Waals surface area contributed by atoms with Crippen LogP contribution in [0.15, 0.2) is 47.4 Å². The number of aryl methyl sites for hydroxylation is 2. The van der Waals surface area contributed by atoms with Gasteiger partial charge in [-0.3, -0.25) is 9.52 Å².